The number of hydrogen-bond acceptors (Lipinski definition) is 4. The first-order valence-corrected chi connectivity index (χ1v) is 5.96. The Bertz CT molecular complexity index is 317. The van der Waals surface area contributed by atoms with E-state index in [4.69, 9.17) is 10.9 Å². The number of carbonyl (C=O) groups is 2. The first-order chi connectivity index (χ1) is 8.42. The molecule has 5 N–H and O–H groups in total. The summed E-state index contributed by atoms with van der Waals surface area (Å²) < 4.78 is 0. The largest absolute Gasteiger partial charge is 0.409 e. The minimum Gasteiger partial charge on any atom is -0.409 e. The van der Waals surface area contributed by atoms with E-state index in [1.165, 1.54) is 6.92 Å². The van der Waals surface area contributed by atoms with Gasteiger partial charge in [-0.1, -0.05) is 12.1 Å². The van der Waals surface area contributed by atoms with Gasteiger partial charge in [0.2, 0.25) is 11.8 Å². The molecule has 0 bridgehead atoms. The van der Waals surface area contributed by atoms with Crippen molar-refractivity contribution in [3.63, 3.8) is 0 Å². The van der Waals surface area contributed by atoms with Gasteiger partial charge in [-0.15, -0.1) is 0 Å². The lowest BCUT2D eigenvalue weighted by atomic mass is 10.1. The molecule has 0 aromatic heterocycles. The predicted molar refractivity (Wildman–Crippen MR) is 68.1 cm³/mol. The Labute approximate surface area is 107 Å². The minimum atomic E-state index is -0.715. The lowest BCUT2D eigenvalue weighted by Gasteiger charge is -2.13. The Morgan fingerprint density at radius 2 is 2.00 bits per heavy atom. The van der Waals surface area contributed by atoms with Crippen molar-refractivity contribution in [1.29, 1.82) is 0 Å². The van der Waals surface area contributed by atoms with Crippen molar-refractivity contribution in [2.24, 2.45) is 16.8 Å². The summed E-state index contributed by atoms with van der Waals surface area (Å²) in [7, 11) is 0. The van der Waals surface area contributed by atoms with E-state index in [2.05, 4.69) is 15.8 Å². The standard InChI is InChI=1S/C11H22N4O3/c1-4-7(2)14-9(16)5-6-13-11(17)8(3)10(12)15-18/h7-8,18H,4-6H2,1-3H3,(H2,12,15)(H,13,17)(H,14,16). The molecule has 0 aromatic carbocycles. The number of rotatable bonds is 7. The van der Waals surface area contributed by atoms with E-state index in [1.54, 1.807) is 0 Å². The molecule has 0 aliphatic carbocycles. The quantitative estimate of drug-likeness (QED) is 0.219. The van der Waals surface area contributed by atoms with Gasteiger partial charge in [-0.3, -0.25) is 9.59 Å². The van der Waals surface area contributed by atoms with E-state index < -0.39 is 5.92 Å². The average molecular weight is 258 g/mol. The van der Waals surface area contributed by atoms with Gasteiger partial charge in [-0.05, 0) is 20.3 Å². The topological polar surface area (TPSA) is 117 Å². The van der Waals surface area contributed by atoms with Crippen molar-refractivity contribution in [3.8, 4) is 0 Å². The van der Waals surface area contributed by atoms with E-state index in [0.717, 1.165) is 6.42 Å². The minimum absolute atomic E-state index is 0.110. The molecule has 0 saturated carbocycles. The van der Waals surface area contributed by atoms with Crippen LogP contribution in [0.1, 0.15) is 33.6 Å². The molecule has 0 spiro atoms. The summed E-state index contributed by atoms with van der Waals surface area (Å²) in [5.74, 6) is -1.35. The summed E-state index contributed by atoms with van der Waals surface area (Å²) in [6, 6.07) is 0.129. The van der Waals surface area contributed by atoms with E-state index in [1.807, 2.05) is 13.8 Å². The molecular weight excluding hydrogens is 236 g/mol. The van der Waals surface area contributed by atoms with Crippen LogP contribution in [-0.4, -0.2) is 35.4 Å². The fourth-order valence-electron chi connectivity index (χ4n) is 1.12. The Kier molecular flexibility index (Phi) is 7.50. The maximum atomic E-state index is 11.5. The van der Waals surface area contributed by atoms with Crippen molar-refractivity contribution in [3.05, 3.63) is 0 Å². The number of hydrogen-bond donors (Lipinski definition) is 4. The Morgan fingerprint density at radius 1 is 1.39 bits per heavy atom. The SMILES string of the molecule is CCC(C)NC(=O)CCNC(=O)C(C)C(N)=NO. The summed E-state index contributed by atoms with van der Waals surface area (Å²) in [6.45, 7) is 5.64. The van der Waals surface area contributed by atoms with Crippen LogP contribution in [0.4, 0.5) is 0 Å². The molecule has 18 heavy (non-hydrogen) atoms. The number of amidine groups is 1. The highest BCUT2D eigenvalue weighted by Crippen LogP contribution is 1.95. The maximum absolute atomic E-state index is 11.5. The monoisotopic (exact) mass is 258 g/mol. The molecule has 0 rings (SSSR count). The van der Waals surface area contributed by atoms with Crippen LogP contribution in [0.5, 0.6) is 0 Å². The van der Waals surface area contributed by atoms with Gasteiger partial charge in [0.1, 0.15) is 0 Å². The molecule has 7 heteroatoms. The van der Waals surface area contributed by atoms with Crippen LogP contribution in [-0.2, 0) is 9.59 Å². The smallest absolute Gasteiger partial charge is 0.230 e. The van der Waals surface area contributed by atoms with Crippen molar-refractivity contribution in [2.45, 2.75) is 39.7 Å². The van der Waals surface area contributed by atoms with Crippen LogP contribution in [0.3, 0.4) is 0 Å². The second-order valence-electron chi connectivity index (χ2n) is 4.16. The lowest BCUT2D eigenvalue weighted by molar-refractivity contribution is -0.123. The fourth-order valence-corrected chi connectivity index (χ4v) is 1.12. The van der Waals surface area contributed by atoms with Gasteiger partial charge in [0.25, 0.3) is 0 Å². The Morgan fingerprint density at radius 3 is 2.50 bits per heavy atom. The van der Waals surface area contributed by atoms with Gasteiger partial charge in [-0.25, -0.2) is 0 Å². The second-order valence-corrected chi connectivity index (χ2v) is 4.16. The highest BCUT2D eigenvalue weighted by atomic mass is 16.4. The molecule has 2 atom stereocenters. The van der Waals surface area contributed by atoms with E-state index >= 15 is 0 Å². The number of nitrogens with two attached hydrogens (primary N) is 1. The van der Waals surface area contributed by atoms with Gasteiger partial charge in [0.05, 0.1) is 5.92 Å². The molecular formula is C11H22N4O3. The average Bonchev–Trinajstić information content (AvgIpc) is 2.36. The third-order valence-corrected chi connectivity index (χ3v) is 2.62. The van der Waals surface area contributed by atoms with Gasteiger partial charge < -0.3 is 21.6 Å². The number of amides is 2. The summed E-state index contributed by atoms with van der Waals surface area (Å²) in [5.41, 5.74) is 5.29. The van der Waals surface area contributed by atoms with Crippen molar-refractivity contribution in [2.75, 3.05) is 6.54 Å². The highest BCUT2D eigenvalue weighted by molar-refractivity contribution is 6.01. The third kappa shape index (κ3) is 6.07. The van der Waals surface area contributed by atoms with Crippen LogP contribution in [0.2, 0.25) is 0 Å². The van der Waals surface area contributed by atoms with E-state index in [9.17, 15) is 9.59 Å². The van der Waals surface area contributed by atoms with Gasteiger partial charge in [0.15, 0.2) is 5.84 Å². The molecule has 0 aliphatic rings. The number of oxime groups is 1. The van der Waals surface area contributed by atoms with Crippen molar-refractivity contribution >= 4 is 17.6 Å². The third-order valence-electron chi connectivity index (χ3n) is 2.62. The highest BCUT2D eigenvalue weighted by Gasteiger charge is 2.17. The molecule has 0 aliphatic heterocycles. The number of carbonyl (C=O) groups excluding carboxylic acids is 2. The summed E-state index contributed by atoms with van der Waals surface area (Å²) in [6.07, 6.45) is 1.07. The Hall–Kier alpha value is -1.79. The summed E-state index contributed by atoms with van der Waals surface area (Å²) >= 11 is 0. The number of nitrogens with zero attached hydrogens (tertiary/aromatic N) is 1. The number of nitrogens with one attached hydrogen (secondary N) is 2. The zero-order chi connectivity index (χ0) is 14.1. The van der Waals surface area contributed by atoms with E-state index in [-0.39, 0.29) is 36.7 Å². The van der Waals surface area contributed by atoms with Gasteiger partial charge >= 0.3 is 0 Å². The molecule has 0 saturated heterocycles. The molecule has 2 amide bonds. The molecule has 0 fully saturated rings. The molecule has 104 valence electrons. The molecule has 0 aromatic rings. The Balaban J connectivity index is 3.91. The lowest BCUT2D eigenvalue weighted by Crippen LogP contribution is -2.39. The predicted octanol–water partition coefficient (Wildman–Crippen LogP) is -0.210. The first kappa shape index (κ1) is 16.2. The molecule has 2 unspecified atom stereocenters. The zero-order valence-corrected chi connectivity index (χ0v) is 11.1. The second kappa shape index (κ2) is 8.32. The fraction of sp³-hybridized carbons (Fsp3) is 0.727. The first-order valence-electron chi connectivity index (χ1n) is 5.96. The zero-order valence-electron chi connectivity index (χ0n) is 11.1. The van der Waals surface area contributed by atoms with Gasteiger partial charge in [-0.2, -0.15) is 0 Å². The van der Waals surface area contributed by atoms with Gasteiger partial charge in [0, 0.05) is 19.0 Å². The van der Waals surface area contributed by atoms with Crippen LogP contribution in [0.15, 0.2) is 5.16 Å². The maximum Gasteiger partial charge on any atom is 0.230 e. The molecule has 7 nitrogen and oxygen atoms in total. The van der Waals surface area contributed by atoms with Crippen molar-refractivity contribution < 1.29 is 14.8 Å². The summed E-state index contributed by atoms with van der Waals surface area (Å²) in [5, 5.41) is 16.5. The van der Waals surface area contributed by atoms with Crippen LogP contribution < -0.4 is 16.4 Å². The van der Waals surface area contributed by atoms with E-state index in [0.29, 0.717) is 0 Å². The van der Waals surface area contributed by atoms with Crippen LogP contribution in [0.25, 0.3) is 0 Å². The summed E-state index contributed by atoms with van der Waals surface area (Å²) in [4.78, 5) is 22.9. The molecule has 0 radical (unpaired) electrons. The normalized spacial score (nSPS) is 14.7. The van der Waals surface area contributed by atoms with Crippen molar-refractivity contribution in [1.82, 2.24) is 10.6 Å². The van der Waals surface area contributed by atoms with Crippen LogP contribution in [0, 0.1) is 5.92 Å². The molecule has 0 heterocycles. The van der Waals surface area contributed by atoms with Crippen LogP contribution >= 0.6 is 0 Å².